The lowest BCUT2D eigenvalue weighted by molar-refractivity contribution is 0.669. The molecule has 0 saturated carbocycles. The zero-order chi connectivity index (χ0) is 37.0. The molecule has 0 amide bonds. The second kappa shape index (κ2) is 13.2. The molecule has 0 N–H and O–H groups in total. The van der Waals surface area contributed by atoms with Gasteiger partial charge in [0.25, 0.3) is 0 Å². The normalized spacial score (nSPS) is 11.6. The van der Waals surface area contributed by atoms with Crippen LogP contribution in [-0.2, 0) is 0 Å². The number of fused-ring (bicyclic) bond motifs is 7. The lowest BCUT2D eigenvalue weighted by Gasteiger charge is -2.26. The third-order valence-corrected chi connectivity index (χ3v) is 11.2. The number of nitrogens with zero attached hydrogens (tertiary/aromatic N) is 1. The molecule has 0 unspecified atom stereocenters. The van der Waals surface area contributed by atoms with E-state index in [0.717, 1.165) is 44.6 Å². The Bertz CT molecular complexity index is 3230. The van der Waals surface area contributed by atoms with Crippen LogP contribution in [0.5, 0.6) is 0 Å². The summed E-state index contributed by atoms with van der Waals surface area (Å²) in [6, 6.07) is 76.5. The van der Waals surface area contributed by atoms with Crippen molar-refractivity contribution in [3.63, 3.8) is 0 Å². The summed E-state index contributed by atoms with van der Waals surface area (Å²) >= 11 is 0. The lowest BCUT2D eigenvalue weighted by Crippen LogP contribution is -2.10. The third kappa shape index (κ3) is 5.42. The molecule has 0 fully saturated rings. The monoisotopic (exact) mass is 713 g/mol. The van der Waals surface area contributed by atoms with Crippen LogP contribution in [-0.4, -0.2) is 0 Å². The first kappa shape index (κ1) is 32.0. The summed E-state index contributed by atoms with van der Waals surface area (Å²) in [5, 5.41) is 9.53. The van der Waals surface area contributed by atoms with E-state index in [-0.39, 0.29) is 0 Å². The number of benzene rings is 10. The van der Waals surface area contributed by atoms with Crippen molar-refractivity contribution in [1.82, 2.24) is 0 Å². The SMILES string of the molecule is c1ccc(-c2ccc(N(c3ccc(-c4cc5ccccc5cc4-c4ccc5ccccc5c4)cc3)c3cc4ccccc4c4c3oc3ccccc34)cc2)cc1. The summed E-state index contributed by atoms with van der Waals surface area (Å²) in [5.41, 5.74) is 12.0. The minimum Gasteiger partial charge on any atom is -0.454 e. The molecule has 2 heteroatoms. The predicted octanol–water partition coefficient (Wildman–Crippen LogP) is 15.5. The summed E-state index contributed by atoms with van der Waals surface area (Å²) in [7, 11) is 0. The third-order valence-electron chi connectivity index (χ3n) is 11.2. The standard InChI is InChI=1S/C54H35NO/c1-2-12-36(13-3-1)38-24-28-45(29-25-38)55(51-35-43-18-8-9-19-47(43)53-48-20-10-11-21-52(48)56-54(51)53)46-30-26-39(27-31-46)49-33-41-16-6-7-17-42(41)34-50(49)44-23-22-37-14-4-5-15-40(37)32-44/h1-35H. The maximum Gasteiger partial charge on any atom is 0.160 e. The van der Waals surface area contributed by atoms with Crippen LogP contribution < -0.4 is 4.90 Å². The van der Waals surface area contributed by atoms with Gasteiger partial charge in [0, 0.05) is 22.1 Å². The summed E-state index contributed by atoms with van der Waals surface area (Å²) in [4.78, 5) is 2.35. The van der Waals surface area contributed by atoms with Gasteiger partial charge >= 0.3 is 0 Å². The van der Waals surface area contributed by atoms with Crippen LogP contribution in [0.2, 0.25) is 0 Å². The number of hydrogen-bond acceptors (Lipinski definition) is 2. The van der Waals surface area contributed by atoms with Crippen LogP contribution in [0.1, 0.15) is 0 Å². The van der Waals surface area contributed by atoms with Crippen molar-refractivity contribution >= 4 is 71.3 Å². The fraction of sp³-hybridized carbons (Fsp3) is 0. The first-order chi connectivity index (χ1) is 27.7. The van der Waals surface area contributed by atoms with E-state index in [2.05, 4.69) is 211 Å². The fourth-order valence-electron chi connectivity index (χ4n) is 8.45. The highest BCUT2D eigenvalue weighted by Crippen LogP contribution is 2.46. The maximum atomic E-state index is 6.80. The number of para-hydroxylation sites is 1. The Hall–Kier alpha value is -7.42. The van der Waals surface area contributed by atoms with Gasteiger partial charge in [-0.25, -0.2) is 0 Å². The van der Waals surface area contributed by atoms with Gasteiger partial charge in [0.05, 0.1) is 5.69 Å². The van der Waals surface area contributed by atoms with Gasteiger partial charge in [-0.3, -0.25) is 0 Å². The van der Waals surface area contributed by atoms with Crippen LogP contribution in [0.3, 0.4) is 0 Å². The zero-order valence-electron chi connectivity index (χ0n) is 30.6. The molecule has 0 aliphatic carbocycles. The first-order valence-corrected chi connectivity index (χ1v) is 19.2. The Morgan fingerprint density at radius 2 is 0.821 bits per heavy atom. The highest BCUT2D eigenvalue weighted by Gasteiger charge is 2.22. The molecule has 0 aliphatic heterocycles. The molecule has 1 heterocycles. The Balaban J connectivity index is 1.10. The van der Waals surface area contributed by atoms with Crippen molar-refractivity contribution in [2.75, 3.05) is 4.90 Å². The molecule has 11 rings (SSSR count). The number of rotatable bonds is 6. The van der Waals surface area contributed by atoms with Crippen molar-refractivity contribution < 1.29 is 4.42 Å². The van der Waals surface area contributed by atoms with Gasteiger partial charge in [0.2, 0.25) is 0 Å². The fourth-order valence-corrected chi connectivity index (χ4v) is 8.45. The molecule has 0 spiro atoms. The van der Waals surface area contributed by atoms with E-state index in [4.69, 9.17) is 4.42 Å². The van der Waals surface area contributed by atoms with E-state index in [1.807, 2.05) is 6.07 Å². The molecule has 1 aromatic heterocycles. The molecule has 0 bridgehead atoms. The van der Waals surface area contributed by atoms with Gasteiger partial charge in [-0.05, 0) is 120 Å². The number of furan rings is 1. The van der Waals surface area contributed by atoms with Crippen molar-refractivity contribution in [3.8, 4) is 33.4 Å². The topological polar surface area (TPSA) is 16.4 Å². The van der Waals surface area contributed by atoms with E-state index >= 15 is 0 Å². The van der Waals surface area contributed by atoms with Gasteiger partial charge in [0.15, 0.2) is 5.58 Å². The molecule has 0 aliphatic rings. The van der Waals surface area contributed by atoms with Crippen molar-refractivity contribution in [2.45, 2.75) is 0 Å². The van der Waals surface area contributed by atoms with E-state index in [0.29, 0.717) is 0 Å². The predicted molar refractivity (Wildman–Crippen MR) is 237 cm³/mol. The van der Waals surface area contributed by atoms with Crippen molar-refractivity contribution in [1.29, 1.82) is 0 Å². The molecule has 0 atom stereocenters. The van der Waals surface area contributed by atoms with E-state index in [1.165, 1.54) is 60.1 Å². The minimum atomic E-state index is 0.870. The molecule has 56 heavy (non-hydrogen) atoms. The van der Waals surface area contributed by atoms with Crippen LogP contribution in [0.4, 0.5) is 17.1 Å². The van der Waals surface area contributed by atoms with Crippen molar-refractivity contribution in [3.05, 3.63) is 212 Å². The molecule has 0 saturated heterocycles. The quantitative estimate of drug-likeness (QED) is 0.171. The summed E-state index contributed by atoms with van der Waals surface area (Å²) in [6.45, 7) is 0. The average molecular weight is 714 g/mol. The van der Waals surface area contributed by atoms with Gasteiger partial charge in [-0.1, -0.05) is 158 Å². The minimum absolute atomic E-state index is 0.870. The Labute approximate surface area is 325 Å². The van der Waals surface area contributed by atoms with Crippen LogP contribution >= 0.6 is 0 Å². The second-order valence-corrected chi connectivity index (χ2v) is 14.5. The van der Waals surface area contributed by atoms with Gasteiger partial charge in [0.1, 0.15) is 5.58 Å². The van der Waals surface area contributed by atoms with E-state index < -0.39 is 0 Å². The summed E-state index contributed by atoms with van der Waals surface area (Å²) in [6.07, 6.45) is 0. The van der Waals surface area contributed by atoms with E-state index in [1.54, 1.807) is 0 Å². The van der Waals surface area contributed by atoms with Gasteiger partial charge in [-0.2, -0.15) is 0 Å². The Morgan fingerprint density at radius 3 is 1.52 bits per heavy atom. The second-order valence-electron chi connectivity index (χ2n) is 14.5. The molecule has 0 radical (unpaired) electrons. The molecule has 11 aromatic rings. The summed E-state index contributed by atoms with van der Waals surface area (Å²) in [5.74, 6) is 0. The Kier molecular flexibility index (Phi) is 7.53. The van der Waals surface area contributed by atoms with Gasteiger partial charge in [-0.15, -0.1) is 0 Å². The van der Waals surface area contributed by atoms with Crippen LogP contribution in [0.15, 0.2) is 217 Å². The zero-order valence-corrected chi connectivity index (χ0v) is 30.6. The molecule has 262 valence electrons. The Morgan fingerprint density at radius 1 is 0.321 bits per heavy atom. The highest BCUT2D eigenvalue weighted by atomic mass is 16.3. The van der Waals surface area contributed by atoms with Gasteiger partial charge < -0.3 is 9.32 Å². The lowest BCUT2D eigenvalue weighted by atomic mass is 9.90. The van der Waals surface area contributed by atoms with Crippen molar-refractivity contribution in [2.24, 2.45) is 0 Å². The molecular formula is C54H35NO. The number of hydrogen-bond donors (Lipinski definition) is 0. The van der Waals surface area contributed by atoms with Crippen LogP contribution in [0, 0.1) is 0 Å². The molecule has 10 aromatic carbocycles. The average Bonchev–Trinajstić information content (AvgIpc) is 3.67. The first-order valence-electron chi connectivity index (χ1n) is 19.2. The maximum absolute atomic E-state index is 6.80. The number of anilines is 3. The smallest absolute Gasteiger partial charge is 0.160 e. The summed E-state index contributed by atoms with van der Waals surface area (Å²) < 4.78 is 6.80. The highest BCUT2D eigenvalue weighted by molar-refractivity contribution is 6.23. The molecule has 2 nitrogen and oxygen atoms in total. The van der Waals surface area contributed by atoms with Crippen LogP contribution in [0.25, 0.3) is 87.6 Å². The van der Waals surface area contributed by atoms with E-state index in [9.17, 15) is 0 Å². The molecular weight excluding hydrogens is 679 g/mol. The largest absolute Gasteiger partial charge is 0.454 e.